The van der Waals surface area contributed by atoms with Crippen LogP contribution in [-0.2, 0) is 17.3 Å². The fraction of sp³-hybridized carbons (Fsp3) is 0.567. The Labute approximate surface area is 205 Å². The highest BCUT2D eigenvalue weighted by Crippen LogP contribution is 2.56. The summed E-state index contributed by atoms with van der Waals surface area (Å²) in [6.07, 6.45) is 3.44. The molecule has 0 saturated carbocycles. The Morgan fingerprint density at radius 3 is 2.38 bits per heavy atom. The van der Waals surface area contributed by atoms with Crippen molar-refractivity contribution in [1.82, 2.24) is 9.80 Å². The number of amides is 2. The van der Waals surface area contributed by atoms with Gasteiger partial charge in [-0.2, -0.15) is 0 Å². The summed E-state index contributed by atoms with van der Waals surface area (Å²) in [5.41, 5.74) is 3.16. The number of fused-ring (bicyclic) bond motifs is 4. The first kappa shape index (κ1) is 23.4. The van der Waals surface area contributed by atoms with Crippen LogP contribution in [-0.4, -0.2) is 52.2 Å². The molecule has 4 heteroatoms. The van der Waals surface area contributed by atoms with Gasteiger partial charge in [0.05, 0.1) is 5.60 Å². The summed E-state index contributed by atoms with van der Waals surface area (Å²) in [7, 11) is 0. The lowest BCUT2D eigenvalue weighted by Crippen LogP contribution is -2.66. The van der Waals surface area contributed by atoms with Crippen LogP contribution < -0.4 is 0 Å². The Hall–Kier alpha value is -2.33. The van der Waals surface area contributed by atoms with Gasteiger partial charge in [0.1, 0.15) is 0 Å². The van der Waals surface area contributed by atoms with E-state index in [1.54, 1.807) is 0 Å². The maximum atomic E-state index is 14.1. The Bertz CT molecular complexity index is 1070. The molecule has 2 heterocycles. The topological polar surface area (TPSA) is 43.8 Å². The average molecular weight is 461 g/mol. The van der Waals surface area contributed by atoms with E-state index < -0.39 is 5.60 Å². The lowest BCUT2D eigenvalue weighted by molar-refractivity contribution is -0.0227. The van der Waals surface area contributed by atoms with E-state index in [1.807, 2.05) is 19.9 Å². The van der Waals surface area contributed by atoms with E-state index in [0.29, 0.717) is 13.0 Å². The van der Waals surface area contributed by atoms with Crippen LogP contribution in [0.1, 0.15) is 70.6 Å². The van der Waals surface area contributed by atoms with Crippen LogP contribution in [0.25, 0.3) is 0 Å². The molecule has 34 heavy (non-hydrogen) atoms. The van der Waals surface area contributed by atoms with Crippen molar-refractivity contribution in [3.63, 3.8) is 0 Å². The maximum absolute atomic E-state index is 14.1. The molecule has 182 valence electrons. The zero-order chi connectivity index (χ0) is 24.4. The van der Waals surface area contributed by atoms with Crippen molar-refractivity contribution in [3.8, 4) is 0 Å². The van der Waals surface area contributed by atoms with Gasteiger partial charge < -0.3 is 14.9 Å². The second-order valence-corrected chi connectivity index (χ2v) is 12.5. The molecule has 3 atom stereocenters. The van der Waals surface area contributed by atoms with E-state index in [2.05, 4.69) is 79.1 Å². The van der Waals surface area contributed by atoms with Crippen LogP contribution in [0.3, 0.4) is 0 Å². The van der Waals surface area contributed by atoms with Gasteiger partial charge >= 0.3 is 6.03 Å². The van der Waals surface area contributed by atoms with Crippen molar-refractivity contribution in [2.75, 3.05) is 19.6 Å². The number of hydrogen-bond acceptors (Lipinski definition) is 2. The molecule has 4 nitrogen and oxygen atoms in total. The summed E-state index contributed by atoms with van der Waals surface area (Å²) in [6.45, 7) is 13.1. The van der Waals surface area contributed by atoms with Crippen molar-refractivity contribution in [1.29, 1.82) is 0 Å². The van der Waals surface area contributed by atoms with E-state index in [1.165, 1.54) is 16.7 Å². The highest BCUT2D eigenvalue weighted by atomic mass is 16.3. The van der Waals surface area contributed by atoms with E-state index in [-0.39, 0.29) is 28.3 Å². The van der Waals surface area contributed by atoms with Gasteiger partial charge in [-0.25, -0.2) is 4.79 Å². The molecular formula is C30H40N2O2. The van der Waals surface area contributed by atoms with Crippen LogP contribution in [0.4, 0.5) is 4.79 Å². The van der Waals surface area contributed by atoms with Crippen LogP contribution in [0.5, 0.6) is 0 Å². The normalized spacial score (nSPS) is 30.2. The molecule has 2 aliphatic heterocycles. The fourth-order valence-electron chi connectivity index (χ4n) is 7.42. The van der Waals surface area contributed by atoms with Gasteiger partial charge in [0.2, 0.25) is 0 Å². The monoisotopic (exact) mass is 460 g/mol. The third-order valence-electron chi connectivity index (χ3n) is 9.54. The summed E-state index contributed by atoms with van der Waals surface area (Å²) < 4.78 is 0. The predicted molar refractivity (Wildman–Crippen MR) is 137 cm³/mol. The molecule has 1 N–H and O–H groups in total. The van der Waals surface area contributed by atoms with Crippen molar-refractivity contribution >= 4 is 6.03 Å². The van der Waals surface area contributed by atoms with E-state index >= 15 is 0 Å². The third kappa shape index (κ3) is 3.57. The zero-order valence-corrected chi connectivity index (χ0v) is 21.5. The summed E-state index contributed by atoms with van der Waals surface area (Å²) in [6, 6.07) is 19.7. The van der Waals surface area contributed by atoms with Gasteiger partial charge in [-0.1, -0.05) is 75.4 Å². The van der Waals surface area contributed by atoms with Crippen LogP contribution in [0.15, 0.2) is 54.6 Å². The first-order valence-electron chi connectivity index (χ1n) is 12.9. The standard InChI is InChI=1S/C30H40N2O2/c1-27(2,34)20-30(23-12-7-6-8-13-23)16-17-31(21-30)26(33)32-18-15-29(5)24-14-10-9-11-22(24)19-25(32)28(29,3)4/h6-14,25,34H,15-21H2,1-5H3/t25-,29?,30?/m1/s1. The molecule has 2 fully saturated rings. The number of aliphatic hydroxyl groups is 1. The van der Waals surface area contributed by atoms with Crippen molar-refractivity contribution in [2.24, 2.45) is 5.41 Å². The predicted octanol–water partition coefficient (Wildman–Crippen LogP) is 5.53. The minimum Gasteiger partial charge on any atom is -0.390 e. The largest absolute Gasteiger partial charge is 0.390 e. The van der Waals surface area contributed by atoms with Crippen molar-refractivity contribution < 1.29 is 9.90 Å². The molecule has 2 aromatic rings. The highest BCUT2D eigenvalue weighted by molar-refractivity contribution is 5.76. The molecule has 0 spiro atoms. The number of benzene rings is 2. The molecule has 5 rings (SSSR count). The second kappa shape index (κ2) is 7.84. The number of carbonyl (C=O) groups excluding carboxylic acids is 1. The smallest absolute Gasteiger partial charge is 0.320 e. The summed E-state index contributed by atoms with van der Waals surface area (Å²) >= 11 is 0. The molecule has 0 radical (unpaired) electrons. The SMILES string of the molecule is CC(C)(O)CC1(c2ccccc2)CCN(C(=O)N2CCC3(C)c4ccccc4C[C@@H]2C3(C)C)C1. The lowest BCUT2D eigenvalue weighted by atomic mass is 9.51. The second-order valence-electron chi connectivity index (χ2n) is 12.5. The minimum absolute atomic E-state index is 0.00139. The number of rotatable bonds is 3. The van der Waals surface area contributed by atoms with Gasteiger partial charge in [0.25, 0.3) is 0 Å². The summed E-state index contributed by atoms with van der Waals surface area (Å²) in [5.74, 6) is 0. The average Bonchev–Trinajstić information content (AvgIpc) is 3.20. The fourth-order valence-corrected chi connectivity index (χ4v) is 7.42. The Kier molecular flexibility index (Phi) is 5.40. The Morgan fingerprint density at radius 1 is 1.00 bits per heavy atom. The molecule has 3 aliphatic rings. The van der Waals surface area contributed by atoms with Gasteiger partial charge in [0.15, 0.2) is 0 Å². The van der Waals surface area contributed by atoms with Gasteiger partial charge in [-0.15, -0.1) is 0 Å². The molecule has 2 bridgehead atoms. The summed E-state index contributed by atoms with van der Waals surface area (Å²) in [4.78, 5) is 18.3. The van der Waals surface area contributed by atoms with E-state index in [4.69, 9.17) is 0 Å². The van der Waals surface area contributed by atoms with Crippen LogP contribution in [0.2, 0.25) is 0 Å². The van der Waals surface area contributed by atoms with Crippen LogP contribution >= 0.6 is 0 Å². The van der Waals surface area contributed by atoms with Gasteiger partial charge in [-0.3, -0.25) is 0 Å². The number of likely N-dealkylation sites (tertiary alicyclic amines) is 2. The number of nitrogens with zero attached hydrogens (tertiary/aromatic N) is 2. The molecule has 1 aliphatic carbocycles. The quantitative estimate of drug-likeness (QED) is 0.655. The third-order valence-corrected chi connectivity index (χ3v) is 9.54. The number of urea groups is 1. The number of piperidine rings is 1. The number of hydrogen-bond donors (Lipinski definition) is 1. The minimum atomic E-state index is -0.795. The zero-order valence-electron chi connectivity index (χ0n) is 21.5. The molecule has 2 unspecified atom stereocenters. The first-order chi connectivity index (χ1) is 16.0. The highest BCUT2D eigenvalue weighted by Gasteiger charge is 2.57. The Morgan fingerprint density at radius 2 is 1.68 bits per heavy atom. The lowest BCUT2D eigenvalue weighted by Gasteiger charge is -2.61. The van der Waals surface area contributed by atoms with Gasteiger partial charge in [-0.05, 0) is 61.6 Å². The molecule has 2 saturated heterocycles. The van der Waals surface area contributed by atoms with Crippen LogP contribution in [0, 0.1) is 5.41 Å². The Balaban J connectivity index is 1.44. The van der Waals surface area contributed by atoms with Crippen molar-refractivity contribution in [3.05, 3.63) is 71.3 Å². The van der Waals surface area contributed by atoms with E-state index in [9.17, 15) is 9.90 Å². The first-order valence-corrected chi connectivity index (χ1v) is 12.9. The molecule has 0 aromatic heterocycles. The summed E-state index contributed by atoms with van der Waals surface area (Å²) in [5, 5.41) is 10.8. The molecular weight excluding hydrogens is 420 g/mol. The maximum Gasteiger partial charge on any atom is 0.320 e. The molecule has 2 aromatic carbocycles. The number of carbonyl (C=O) groups is 1. The van der Waals surface area contributed by atoms with Gasteiger partial charge in [0, 0.05) is 36.5 Å². The van der Waals surface area contributed by atoms with E-state index in [0.717, 1.165) is 32.4 Å². The van der Waals surface area contributed by atoms with Crippen molar-refractivity contribution in [2.45, 2.75) is 82.8 Å². The molecule has 2 amide bonds.